The molecule has 0 bridgehead atoms. The van der Waals surface area contributed by atoms with Gasteiger partial charge in [-0.2, -0.15) is 0 Å². The lowest BCUT2D eigenvalue weighted by Crippen LogP contribution is -2.12. The highest BCUT2D eigenvalue weighted by atomic mass is 16.3. The van der Waals surface area contributed by atoms with E-state index < -0.39 is 0 Å². The third kappa shape index (κ3) is 2.82. The molecule has 0 amide bonds. The summed E-state index contributed by atoms with van der Waals surface area (Å²) >= 11 is 0. The summed E-state index contributed by atoms with van der Waals surface area (Å²) in [7, 11) is 0. The highest BCUT2D eigenvalue weighted by molar-refractivity contribution is 4.89. The fraction of sp³-hybridized carbons (Fsp3) is 0.900. The molecule has 1 heteroatoms. The number of hydrogen-bond acceptors (Lipinski definition) is 1. The average Bonchev–Trinajstić information content (AvgIpc) is 2.37. The fourth-order valence-corrected chi connectivity index (χ4v) is 1.79. The molecule has 65 valence electrons. The van der Waals surface area contributed by atoms with E-state index >= 15 is 0 Å². The van der Waals surface area contributed by atoms with E-state index in [9.17, 15) is 5.11 Å². The summed E-state index contributed by atoms with van der Waals surface area (Å²) in [4.78, 5) is 0. The fourth-order valence-electron chi connectivity index (χ4n) is 1.79. The molecule has 1 nitrogen and oxygen atoms in total. The van der Waals surface area contributed by atoms with Crippen LogP contribution in [0.3, 0.4) is 0 Å². The van der Waals surface area contributed by atoms with Gasteiger partial charge in [-0.3, -0.25) is 0 Å². The molecule has 0 spiro atoms. The van der Waals surface area contributed by atoms with Gasteiger partial charge in [-0.05, 0) is 31.6 Å². The van der Waals surface area contributed by atoms with Crippen LogP contribution in [0.1, 0.15) is 45.4 Å². The summed E-state index contributed by atoms with van der Waals surface area (Å²) in [6.07, 6.45) is 9.48. The maximum absolute atomic E-state index is 9.46. The molecule has 0 saturated heterocycles. The van der Waals surface area contributed by atoms with Crippen molar-refractivity contribution in [2.45, 2.75) is 51.6 Å². The van der Waals surface area contributed by atoms with Gasteiger partial charge in [0.2, 0.25) is 0 Å². The molecule has 1 saturated carbocycles. The third-order valence-electron chi connectivity index (χ3n) is 2.57. The van der Waals surface area contributed by atoms with Crippen molar-refractivity contribution in [2.24, 2.45) is 5.92 Å². The molecule has 1 fully saturated rings. The summed E-state index contributed by atoms with van der Waals surface area (Å²) in [5, 5.41) is 9.46. The Morgan fingerprint density at radius 1 is 1.45 bits per heavy atom. The van der Waals surface area contributed by atoms with Crippen molar-refractivity contribution in [1.29, 1.82) is 0 Å². The zero-order chi connectivity index (χ0) is 8.10. The minimum atomic E-state index is -0.0214. The Labute approximate surface area is 69.8 Å². The Morgan fingerprint density at radius 2 is 2.27 bits per heavy atom. The predicted molar refractivity (Wildman–Crippen MR) is 47.2 cm³/mol. The molecule has 1 radical (unpaired) electrons. The summed E-state index contributed by atoms with van der Waals surface area (Å²) in [5.41, 5.74) is 0. The molecule has 1 aliphatic rings. The SMILES string of the molecule is CCCCCC1[CH]CCC1O. The van der Waals surface area contributed by atoms with Gasteiger partial charge >= 0.3 is 0 Å². The molecule has 1 rings (SSSR count). The molecular weight excluding hydrogens is 136 g/mol. The van der Waals surface area contributed by atoms with Gasteiger partial charge in [-0.15, -0.1) is 0 Å². The Balaban J connectivity index is 2.05. The molecule has 2 unspecified atom stereocenters. The molecule has 1 N–H and O–H groups in total. The lowest BCUT2D eigenvalue weighted by molar-refractivity contribution is 0.135. The van der Waals surface area contributed by atoms with E-state index in [0.717, 1.165) is 12.8 Å². The minimum Gasteiger partial charge on any atom is -0.393 e. The van der Waals surface area contributed by atoms with Crippen molar-refractivity contribution < 1.29 is 5.11 Å². The van der Waals surface area contributed by atoms with E-state index in [1.807, 2.05) is 0 Å². The standard InChI is InChI=1S/C10H19O/c1-2-3-4-6-9-7-5-8-10(9)11/h7,9-11H,2-6,8H2,1H3. The molecular formula is C10H19O. The maximum atomic E-state index is 9.46. The van der Waals surface area contributed by atoms with Crippen molar-refractivity contribution in [3.8, 4) is 0 Å². The summed E-state index contributed by atoms with van der Waals surface area (Å²) < 4.78 is 0. The number of aliphatic hydroxyl groups is 1. The molecule has 1 aliphatic carbocycles. The molecule has 0 heterocycles. The third-order valence-corrected chi connectivity index (χ3v) is 2.57. The van der Waals surface area contributed by atoms with Crippen LogP contribution in [0, 0.1) is 12.3 Å². The van der Waals surface area contributed by atoms with E-state index in [1.54, 1.807) is 0 Å². The largest absolute Gasteiger partial charge is 0.393 e. The number of aliphatic hydroxyl groups excluding tert-OH is 1. The van der Waals surface area contributed by atoms with E-state index in [1.165, 1.54) is 25.7 Å². The predicted octanol–water partition coefficient (Wildman–Crippen LogP) is 2.54. The molecule has 0 aromatic heterocycles. The van der Waals surface area contributed by atoms with Crippen molar-refractivity contribution in [3.05, 3.63) is 6.42 Å². The topological polar surface area (TPSA) is 20.2 Å². The smallest absolute Gasteiger partial charge is 0.0571 e. The van der Waals surface area contributed by atoms with Crippen LogP contribution in [0.15, 0.2) is 0 Å². The number of unbranched alkanes of at least 4 members (excludes halogenated alkanes) is 2. The second-order valence-corrected chi connectivity index (χ2v) is 3.54. The molecule has 0 aliphatic heterocycles. The Morgan fingerprint density at radius 3 is 2.82 bits per heavy atom. The average molecular weight is 155 g/mol. The van der Waals surface area contributed by atoms with Crippen molar-refractivity contribution in [2.75, 3.05) is 0 Å². The van der Waals surface area contributed by atoms with E-state index in [4.69, 9.17) is 0 Å². The second kappa shape index (κ2) is 4.76. The zero-order valence-electron chi connectivity index (χ0n) is 7.42. The number of hydrogen-bond donors (Lipinski definition) is 1. The Hall–Kier alpha value is -0.0400. The van der Waals surface area contributed by atoms with Crippen LogP contribution in [0.25, 0.3) is 0 Å². The minimum absolute atomic E-state index is 0.0214. The van der Waals surface area contributed by atoms with Crippen LogP contribution < -0.4 is 0 Å². The summed E-state index contributed by atoms with van der Waals surface area (Å²) in [6, 6.07) is 0. The van der Waals surface area contributed by atoms with Crippen LogP contribution in [-0.4, -0.2) is 11.2 Å². The van der Waals surface area contributed by atoms with Gasteiger partial charge in [0.1, 0.15) is 0 Å². The van der Waals surface area contributed by atoms with Gasteiger partial charge in [-0.25, -0.2) is 0 Å². The van der Waals surface area contributed by atoms with Gasteiger partial charge in [-0.1, -0.05) is 26.2 Å². The molecule has 2 atom stereocenters. The van der Waals surface area contributed by atoms with Crippen LogP contribution in [0.2, 0.25) is 0 Å². The van der Waals surface area contributed by atoms with E-state index in [2.05, 4.69) is 13.3 Å². The van der Waals surface area contributed by atoms with Gasteiger partial charge in [0.05, 0.1) is 6.10 Å². The first-order valence-corrected chi connectivity index (χ1v) is 4.86. The van der Waals surface area contributed by atoms with Crippen LogP contribution >= 0.6 is 0 Å². The molecule has 11 heavy (non-hydrogen) atoms. The molecule has 0 aromatic rings. The van der Waals surface area contributed by atoms with Crippen LogP contribution in [0.5, 0.6) is 0 Å². The van der Waals surface area contributed by atoms with Crippen molar-refractivity contribution in [3.63, 3.8) is 0 Å². The van der Waals surface area contributed by atoms with Crippen LogP contribution in [0.4, 0.5) is 0 Å². The highest BCUT2D eigenvalue weighted by Crippen LogP contribution is 2.28. The first-order valence-electron chi connectivity index (χ1n) is 4.86. The van der Waals surface area contributed by atoms with Gasteiger partial charge in [0.25, 0.3) is 0 Å². The lowest BCUT2D eigenvalue weighted by Gasteiger charge is -2.12. The highest BCUT2D eigenvalue weighted by Gasteiger charge is 2.24. The molecule has 0 aromatic carbocycles. The quantitative estimate of drug-likeness (QED) is 0.618. The first kappa shape index (κ1) is 9.05. The second-order valence-electron chi connectivity index (χ2n) is 3.54. The number of rotatable bonds is 4. The summed E-state index contributed by atoms with van der Waals surface area (Å²) in [6.45, 7) is 2.22. The zero-order valence-corrected chi connectivity index (χ0v) is 7.42. The van der Waals surface area contributed by atoms with Crippen molar-refractivity contribution in [1.82, 2.24) is 0 Å². The Kier molecular flexibility index (Phi) is 3.92. The first-order chi connectivity index (χ1) is 5.34. The van der Waals surface area contributed by atoms with E-state index in [0.29, 0.717) is 5.92 Å². The van der Waals surface area contributed by atoms with Gasteiger partial charge < -0.3 is 5.11 Å². The Bertz CT molecular complexity index is 101. The van der Waals surface area contributed by atoms with E-state index in [-0.39, 0.29) is 6.10 Å². The summed E-state index contributed by atoms with van der Waals surface area (Å²) in [5.74, 6) is 0.515. The van der Waals surface area contributed by atoms with Gasteiger partial charge in [0, 0.05) is 0 Å². The monoisotopic (exact) mass is 155 g/mol. The van der Waals surface area contributed by atoms with Gasteiger partial charge in [0.15, 0.2) is 0 Å². The lowest BCUT2D eigenvalue weighted by atomic mass is 9.98. The van der Waals surface area contributed by atoms with Crippen molar-refractivity contribution >= 4 is 0 Å². The normalized spacial score (nSPS) is 31.1. The van der Waals surface area contributed by atoms with Crippen LogP contribution in [-0.2, 0) is 0 Å². The maximum Gasteiger partial charge on any atom is 0.0571 e.